The second-order valence-corrected chi connectivity index (χ2v) is 5.67. The fraction of sp³-hybridized carbons (Fsp3) is 0.750. The van der Waals surface area contributed by atoms with E-state index in [1.165, 1.54) is 36.8 Å². The van der Waals surface area contributed by atoms with Crippen molar-refractivity contribution in [1.29, 1.82) is 0 Å². The Hall–Kier alpha value is -0.520. The summed E-state index contributed by atoms with van der Waals surface area (Å²) in [5.41, 5.74) is 2.90. The first-order valence-corrected chi connectivity index (χ1v) is 6.70. The van der Waals surface area contributed by atoms with Crippen molar-refractivity contribution in [3.05, 3.63) is 23.3 Å². The summed E-state index contributed by atoms with van der Waals surface area (Å²) < 4.78 is 0. The van der Waals surface area contributed by atoms with E-state index in [1.807, 2.05) is 0 Å². The van der Waals surface area contributed by atoms with Crippen molar-refractivity contribution < 1.29 is 0 Å². The van der Waals surface area contributed by atoms with Gasteiger partial charge in [-0.2, -0.15) is 0 Å². The first-order valence-electron chi connectivity index (χ1n) is 6.70. The Labute approximate surface area is 103 Å². The van der Waals surface area contributed by atoms with Crippen molar-refractivity contribution in [2.75, 3.05) is 0 Å². The molecule has 0 aromatic heterocycles. The molecule has 0 heteroatoms. The van der Waals surface area contributed by atoms with Crippen molar-refractivity contribution in [2.45, 2.75) is 67.2 Å². The Morgan fingerprint density at radius 2 is 1.06 bits per heavy atom. The first-order chi connectivity index (χ1) is 7.43. The summed E-state index contributed by atoms with van der Waals surface area (Å²) in [7, 11) is 0. The Morgan fingerprint density at radius 1 is 0.750 bits per heavy atom. The van der Waals surface area contributed by atoms with Gasteiger partial charge >= 0.3 is 0 Å². The third-order valence-corrected chi connectivity index (χ3v) is 3.32. The van der Waals surface area contributed by atoms with E-state index in [4.69, 9.17) is 0 Å². The number of rotatable bonds is 7. The lowest BCUT2D eigenvalue weighted by molar-refractivity contribution is 0.348. The maximum Gasteiger partial charge on any atom is -0.0346 e. The Bertz CT molecular complexity index is 198. The summed E-state index contributed by atoms with van der Waals surface area (Å²) in [6, 6.07) is 0. The molecule has 16 heavy (non-hydrogen) atoms. The van der Waals surface area contributed by atoms with Crippen molar-refractivity contribution in [3.63, 3.8) is 0 Å². The predicted octanol–water partition coefficient (Wildman–Crippen LogP) is 5.75. The van der Waals surface area contributed by atoms with Crippen LogP contribution in [0.25, 0.3) is 0 Å². The number of hydrogen-bond donors (Lipinski definition) is 0. The van der Waals surface area contributed by atoms with Crippen LogP contribution >= 0.6 is 0 Å². The molecule has 0 spiro atoms. The van der Waals surface area contributed by atoms with Crippen molar-refractivity contribution >= 4 is 0 Å². The minimum Gasteiger partial charge on any atom is -0.0859 e. The van der Waals surface area contributed by atoms with E-state index in [9.17, 15) is 0 Å². The predicted molar refractivity (Wildman–Crippen MR) is 75.7 cm³/mol. The van der Waals surface area contributed by atoms with Gasteiger partial charge in [0.15, 0.2) is 0 Å². The van der Waals surface area contributed by atoms with Crippen LogP contribution in [0.4, 0.5) is 0 Å². The maximum absolute atomic E-state index is 2.39. The van der Waals surface area contributed by atoms with E-state index < -0.39 is 0 Å². The van der Waals surface area contributed by atoms with Crippen LogP contribution < -0.4 is 0 Å². The quantitative estimate of drug-likeness (QED) is 0.481. The number of allylic oxidation sites excluding steroid dienone is 4. The van der Waals surface area contributed by atoms with Crippen LogP contribution in [-0.4, -0.2) is 0 Å². The lowest BCUT2D eigenvalue weighted by Crippen LogP contribution is -2.07. The smallest absolute Gasteiger partial charge is 0.0346 e. The molecule has 2 atom stereocenters. The molecule has 0 aromatic rings. The Balaban J connectivity index is 3.77. The fourth-order valence-electron chi connectivity index (χ4n) is 1.84. The van der Waals surface area contributed by atoms with E-state index >= 15 is 0 Å². The van der Waals surface area contributed by atoms with Gasteiger partial charge in [-0.05, 0) is 65.2 Å². The molecule has 0 aliphatic carbocycles. The topological polar surface area (TPSA) is 0 Å². The van der Waals surface area contributed by atoms with Crippen LogP contribution in [0.5, 0.6) is 0 Å². The molecule has 0 aliphatic heterocycles. The molecule has 0 saturated carbocycles. The van der Waals surface area contributed by atoms with E-state index in [0.29, 0.717) is 0 Å². The largest absolute Gasteiger partial charge is 0.0859 e. The molecule has 2 unspecified atom stereocenters. The molecule has 0 bridgehead atoms. The molecule has 0 heterocycles. The van der Waals surface area contributed by atoms with Crippen LogP contribution in [0, 0.1) is 11.8 Å². The summed E-state index contributed by atoms with van der Waals surface area (Å²) in [4.78, 5) is 0. The van der Waals surface area contributed by atoms with Gasteiger partial charge in [0.25, 0.3) is 0 Å². The highest BCUT2D eigenvalue weighted by Gasteiger charge is 2.10. The zero-order chi connectivity index (χ0) is 12.6. The second kappa shape index (κ2) is 8.61. The summed E-state index contributed by atoms with van der Waals surface area (Å²) >= 11 is 0. The van der Waals surface area contributed by atoms with Crippen molar-refractivity contribution in [3.8, 4) is 0 Å². The molecule has 0 saturated heterocycles. The van der Waals surface area contributed by atoms with Crippen LogP contribution in [0.3, 0.4) is 0 Å². The van der Waals surface area contributed by atoms with E-state index in [-0.39, 0.29) is 0 Å². The Kier molecular flexibility index (Phi) is 8.33. The van der Waals surface area contributed by atoms with Gasteiger partial charge in [0.2, 0.25) is 0 Å². The third-order valence-electron chi connectivity index (χ3n) is 3.32. The lowest BCUT2D eigenvalue weighted by atomic mass is 9.88. The van der Waals surface area contributed by atoms with Crippen molar-refractivity contribution in [2.24, 2.45) is 11.8 Å². The molecule has 0 aliphatic rings. The lowest BCUT2D eigenvalue weighted by Gasteiger charge is -2.18. The minimum atomic E-state index is 0.848. The number of hydrogen-bond acceptors (Lipinski definition) is 0. The molecular weight excluding hydrogens is 192 g/mol. The molecule has 0 radical (unpaired) electrons. The molecule has 0 amide bonds. The van der Waals surface area contributed by atoms with Gasteiger partial charge in [-0.3, -0.25) is 0 Å². The van der Waals surface area contributed by atoms with Crippen LogP contribution in [0.15, 0.2) is 23.3 Å². The second-order valence-electron chi connectivity index (χ2n) is 5.67. The van der Waals surface area contributed by atoms with Gasteiger partial charge in [0.1, 0.15) is 0 Å². The highest BCUT2D eigenvalue weighted by atomic mass is 14.2. The molecule has 0 aromatic carbocycles. The van der Waals surface area contributed by atoms with Gasteiger partial charge in [-0.25, -0.2) is 0 Å². The van der Waals surface area contributed by atoms with Crippen molar-refractivity contribution in [1.82, 2.24) is 0 Å². The van der Waals surface area contributed by atoms with Gasteiger partial charge in [0, 0.05) is 0 Å². The van der Waals surface area contributed by atoms with Gasteiger partial charge in [-0.15, -0.1) is 0 Å². The highest BCUT2D eigenvalue weighted by molar-refractivity contribution is 4.94. The third kappa shape index (κ3) is 8.76. The van der Waals surface area contributed by atoms with E-state index in [2.05, 4.69) is 53.7 Å². The average Bonchev–Trinajstić information content (AvgIpc) is 2.16. The SMILES string of the molecule is CC(C)=CCCC(C)C(C)CCC=C(C)C. The minimum absolute atomic E-state index is 0.848. The summed E-state index contributed by atoms with van der Waals surface area (Å²) in [5.74, 6) is 1.70. The first kappa shape index (κ1) is 15.5. The highest BCUT2D eigenvalue weighted by Crippen LogP contribution is 2.22. The average molecular weight is 222 g/mol. The summed E-state index contributed by atoms with van der Waals surface area (Å²) in [6.45, 7) is 13.5. The van der Waals surface area contributed by atoms with Gasteiger partial charge < -0.3 is 0 Å². The van der Waals surface area contributed by atoms with Crippen LogP contribution in [0.1, 0.15) is 67.2 Å². The molecule has 0 N–H and O–H groups in total. The molecule has 0 nitrogen and oxygen atoms in total. The maximum atomic E-state index is 2.39. The molecule has 0 fully saturated rings. The normalized spacial score (nSPS) is 14.1. The standard InChI is InChI=1S/C16H30/c1-13(2)9-7-11-15(5)16(6)12-8-10-14(3)4/h9-10,15-16H,7-8,11-12H2,1-6H3. The van der Waals surface area contributed by atoms with Gasteiger partial charge in [-0.1, -0.05) is 37.1 Å². The fourth-order valence-corrected chi connectivity index (χ4v) is 1.84. The molecule has 94 valence electrons. The molecular formula is C16H30. The van der Waals surface area contributed by atoms with E-state index in [1.54, 1.807) is 0 Å². The van der Waals surface area contributed by atoms with Gasteiger partial charge in [0.05, 0.1) is 0 Å². The van der Waals surface area contributed by atoms with Crippen LogP contribution in [-0.2, 0) is 0 Å². The zero-order valence-electron chi connectivity index (χ0n) is 12.1. The Morgan fingerprint density at radius 3 is 1.31 bits per heavy atom. The van der Waals surface area contributed by atoms with Crippen LogP contribution in [0.2, 0.25) is 0 Å². The summed E-state index contributed by atoms with van der Waals surface area (Å²) in [5, 5.41) is 0. The summed E-state index contributed by atoms with van der Waals surface area (Å²) in [6.07, 6.45) is 9.88. The van der Waals surface area contributed by atoms with E-state index in [0.717, 1.165) is 11.8 Å². The monoisotopic (exact) mass is 222 g/mol. The molecule has 0 rings (SSSR count). The zero-order valence-corrected chi connectivity index (χ0v) is 12.1.